The van der Waals surface area contributed by atoms with Crippen LogP contribution in [0.3, 0.4) is 0 Å². The third kappa shape index (κ3) is 4.10. The molecule has 0 saturated carbocycles. The fraction of sp³-hybridized carbons (Fsp3) is 0.286. The minimum Gasteiger partial charge on any atom is -0.465 e. The van der Waals surface area contributed by atoms with Crippen LogP contribution in [0.4, 0.5) is 23.4 Å². The number of nitrogens with zero attached hydrogens (tertiary/aromatic N) is 4. The van der Waals surface area contributed by atoms with Crippen LogP contribution in [0.5, 0.6) is 0 Å². The number of alkyl halides is 3. The molecule has 1 aliphatic rings. The lowest BCUT2D eigenvalue weighted by atomic mass is 10.0. The van der Waals surface area contributed by atoms with Gasteiger partial charge in [-0.15, -0.1) is 0 Å². The topological polar surface area (TPSA) is 60.2 Å². The van der Waals surface area contributed by atoms with Crippen LogP contribution in [0, 0.1) is 5.95 Å². The maximum atomic E-state index is 13.7. The van der Waals surface area contributed by atoms with Crippen molar-refractivity contribution in [2.75, 3.05) is 18.6 Å². The van der Waals surface area contributed by atoms with Gasteiger partial charge in [0.15, 0.2) is 5.69 Å². The van der Waals surface area contributed by atoms with Crippen LogP contribution >= 0.6 is 0 Å². The fourth-order valence-electron chi connectivity index (χ4n) is 3.72. The molecule has 10 heteroatoms. The van der Waals surface area contributed by atoms with Gasteiger partial charge in [-0.3, -0.25) is 0 Å². The van der Waals surface area contributed by atoms with Crippen molar-refractivity contribution >= 4 is 11.8 Å². The van der Waals surface area contributed by atoms with Crippen LogP contribution in [0.2, 0.25) is 0 Å². The number of methoxy groups -OCH3 is 1. The molecular formula is C21H18F4N4O2. The Hall–Kier alpha value is -3.43. The van der Waals surface area contributed by atoms with Gasteiger partial charge in [-0.05, 0) is 36.6 Å². The highest BCUT2D eigenvalue weighted by Crippen LogP contribution is 2.40. The molecule has 0 radical (unpaired) electrons. The molecule has 0 spiro atoms. The van der Waals surface area contributed by atoms with Crippen LogP contribution in [-0.2, 0) is 23.9 Å². The number of anilines is 1. The molecule has 3 heterocycles. The van der Waals surface area contributed by atoms with Gasteiger partial charge in [0.25, 0.3) is 0 Å². The lowest BCUT2D eigenvalue weighted by molar-refractivity contribution is -0.142. The third-order valence-electron chi connectivity index (χ3n) is 5.08. The van der Waals surface area contributed by atoms with Gasteiger partial charge in [0.2, 0.25) is 5.95 Å². The fourth-order valence-corrected chi connectivity index (χ4v) is 3.72. The van der Waals surface area contributed by atoms with Crippen molar-refractivity contribution in [1.29, 1.82) is 0 Å². The molecule has 1 aromatic carbocycles. The molecule has 0 bridgehead atoms. The van der Waals surface area contributed by atoms with Crippen LogP contribution in [-0.4, -0.2) is 34.4 Å². The second-order valence-electron chi connectivity index (χ2n) is 7.11. The van der Waals surface area contributed by atoms with Crippen molar-refractivity contribution < 1.29 is 27.1 Å². The number of hydrogen-bond acceptors (Lipinski definition) is 5. The SMILES string of the molecule is COC(=O)c1ccc(CN2CCCc3c(C(F)(F)F)nn(-c4ccnc(F)c4)c32)cc1. The van der Waals surface area contributed by atoms with Gasteiger partial charge in [-0.25, -0.2) is 14.5 Å². The molecule has 4 rings (SSSR count). The Morgan fingerprint density at radius 3 is 2.58 bits per heavy atom. The van der Waals surface area contributed by atoms with E-state index in [4.69, 9.17) is 0 Å². The predicted molar refractivity (Wildman–Crippen MR) is 103 cm³/mol. The van der Waals surface area contributed by atoms with E-state index in [0.717, 1.165) is 16.3 Å². The summed E-state index contributed by atoms with van der Waals surface area (Å²) in [6.07, 6.45) is -2.71. The van der Waals surface area contributed by atoms with Crippen molar-refractivity contribution in [2.45, 2.75) is 25.6 Å². The van der Waals surface area contributed by atoms with Gasteiger partial charge < -0.3 is 9.64 Å². The van der Waals surface area contributed by atoms with Crippen molar-refractivity contribution in [3.8, 4) is 5.69 Å². The largest absolute Gasteiger partial charge is 0.465 e. The van der Waals surface area contributed by atoms with E-state index in [0.29, 0.717) is 25.1 Å². The maximum Gasteiger partial charge on any atom is 0.435 e. The van der Waals surface area contributed by atoms with Crippen molar-refractivity contribution in [1.82, 2.24) is 14.8 Å². The standard InChI is InChI=1S/C21H18F4N4O2/c1-31-20(30)14-6-4-13(5-7-14)12-28-10-2-3-16-18(21(23,24)25)27-29(19(16)28)15-8-9-26-17(22)11-15/h4-9,11H,2-3,10,12H2,1H3. The molecule has 6 nitrogen and oxygen atoms in total. The highest BCUT2D eigenvalue weighted by Gasteiger charge is 2.41. The second-order valence-corrected chi connectivity index (χ2v) is 7.11. The third-order valence-corrected chi connectivity index (χ3v) is 5.08. The van der Waals surface area contributed by atoms with E-state index >= 15 is 0 Å². The number of ether oxygens (including phenoxy) is 1. The van der Waals surface area contributed by atoms with E-state index in [-0.39, 0.29) is 23.5 Å². The van der Waals surface area contributed by atoms with Gasteiger partial charge >= 0.3 is 12.1 Å². The number of halogens is 4. The van der Waals surface area contributed by atoms with E-state index in [9.17, 15) is 22.4 Å². The number of pyridine rings is 1. The number of fused-ring (bicyclic) bond motifs is 1. The highest BCUT2D eigenvalue weighted by molar-refractivity contribution is 5.89. The summed E-state index contributed by atoms with van der Waals surface area (Å²) in [6, 6.07) is 9.10. The zero-order valence-electron chi connectivity index (χ0n) is 16.5. The molecule has 1 aliphatic heterocycles. The monoisotopic (exact) mass is 434 g/mol. The first-order chi connectivity index (χ1) is 14.8. The van der Waals surface area contributed by atoms with Crippen molar-refractivity contribution in [3.63, 3.8) is 0 Å². The van der Waals surface area contributed by atoms with Crippen molar-refractivity contribution in [2.24, 2.45) is 0 Å². The first-order valence-electron chi connectivity index (χ1n) is 9.51. The Morgan fingerprint density at radius 1 is 1.19 bits per heavy atom. The van der Waals surface area contributed by atoms with Gasteiger partial charge in [0.1, 0.15) is 5.82 Å². The molecule has 3 aromatic rings. The normalized spacial score (nSPS) is 13.8. The molecule has 0 fully saturated rings. The van der Waals surface area contributed by atoms with Crippen LogP contribution in [0.25, 0.3) is 5.69 Å². The summed E-state index contributed by atoms with van der Waals surface area (Å²) in [4.78, 5) is 16.9. The summed E-state index contributed by atoms with van der Waals surface area (Å²) >= 11 is 0. The number of hydrogen-bond donors (Lipinski definition) is 0. The molecule has 0 unspecified atom stereocenters. The maximum absolute atomic E-state index is 13.7. The summed E-state index contributed by atoms with van der Waals surface area (Å²) in [5, 5.41) is 3.81. The molecule has 2 aromatic heterocycles. The average Bonchev–Trinajstić information content (AvgIpc) is 3.15. The molecule has 0 N–H and O–H groups in total. The van der Waals surface area contributed by atoms with E-state index in [1.54, 1.807) is 29.2 Å². The Kier molecular flexibility index (Phi) is 5.38. The van der Waals surface area contributed by atoms with E-state index in [2.05, 4.69) is 14.8 Å². The first-order valence-corrected chi connectivity index (χ1v) is 9.51. The first kappa shape index (κ1) is 20.8. The lowest BCUT2D eigenvalue weighted by Gasteiger charge is -2.30. The highest BCUT2D eigenvalue weighted by atomic mass is 19.4. The smallest absolute Gasteiger partial charge is 0.435 e. The lowest BCUT2D eigenvalue weighted by Crippen LogP contribution is -2.31. The predicted octanol–water partition coefficient (Wildman–Crippen LogP) is 4.16. The summed E-state index contributed by atoms with van der Waals surface area (Å²) in [5.74, 6) is -1.00. The van der Waals surface area contributed by atoms with E-state index in [1.807, 2.05) is 0 Å². The van der Waals surface area contributed by atoms with Crippen molar-refractivity contribution in [3.05, 3.63) is 70.9 Å². The number of carbonyl (C=O) groups excluding carboxylic acids is 1. The second kappa shape index (κ2) is 8.01. The molecule has 0 aliphatic carbocycles. The number of rotatable bonds is 4. The zero-order valence-corrected chi connectivity index (χ0v) is 16.5. The van der Waals surface area contributed by atoms with Crippen LogP contribution in [0.15, 0.2) is 42.6 Å². The van der Waals surface area contributed by atoms with E-state index < -0.39 is 23.8 Å². The number of carbonyl (C=O) groups is 1. The zero-order chi connectivity index (χ0) is 22.2. The summed E-state index contributed by atoms with van der Waals surface area (Å²) in [5.41, 5.74) is 0.449. The molecule has 0 atom stereocenters. The van der Waals surface area contributed by atoms with Gasteiger partial charge in [-0.1, -0.05) is 12.1 Å². The summed E-state index contributed by atoms with van der Waals surface area (Å²) < 4.78 is 60.5. The average molecular weight is 434 g/mol. The minimum absolute atomic E-state index is 0.0853. The quantitative estimate of drug-likeness (QED) is 0.351. The van der Waals surface area contributed by atoms with E-state index in [1.165, 1.54) is 19.4 Å². The molecule has 0 amide bonds. The van der Waals surface area contributed by atoms with Gasteiger partial charge in [0.05, 0.1) is 18.4 Å². The number of aromatic nitrogens is 3. The summed E-state index contributed by atoms with van der Waals surface area (Å²) in [7, 11) is 1.28. The Morgan fingerprint density at radius 2 is 1.94 bits per heavy atom. The van der Waals surface area contributed by atoms with Gasteiger partial charge in [0, 0.05) is 30.9 Å². The summed E-state index contributed by atoms with van der Waals surface area (Å²) in [6.45, 7) is 0.799. The molecule has 31 heavy (non-hydrogen) atoms. The molecular weight excluding hydrogens is 416 g/mol. The number of esters is 1. The Labute approximate surface area is 175 Å². The molecule has 162 valence electrons. The minimum atomic E-state index is -4.63. The van der Waals surface area contributed by atoms with Gasteiger partial charge in [-0.2, -0.15) is 22.7 Å². The van der Waals surface area contributed by atoms with Crippen LogP contribution < -0.4 is 4.90 Å². The van der Waals surface area contributed by atoms with Crippen LogP contribution in [0.1, 0.15) is 33.6 Å². The Balaban J connectivity index is 1.76. The Bertz CT molecular complexity index is 1110. The number of benzene rings is 1. The molecule has 0 saturated heterocycles.